The van der Waals surface area contributed by atoms with Gasteiger partial charge in [-0.2, -0.15) is 0 Å². The van der Waals surface area contributed by atoms with Crippen molar-refractivity contribution in [2.45, 2.75) is 11.8 Å². The third kappa shape index (κ3) is 7.10. The SMILES string of the molecule is O=C(Cl)c1cccc(CCl)c1.O=C(OCCl)c1cccc(CCl)c1. The van der Waals surface area contributed by atoms with Crippen LogP contribution in [0.15, 0.2) is 48.5 Å². The zero-order chi connectivity index (χ0) is 17.9. The van der Waals surface area contributed by atoms with Crippen LogP contribution in [0.1, 0.15) is 31.8 Å². The molecule has 2 aromatic rings. The molecule has 0 bridgehead atoms. The lowest BCUT2D eigenvalue weighted by Gasteiger charge is -2.01. The van der Waals surface area contributed by atoms with E-state index in [9.17, 15) is 9.59 Å². The Hall–Kier alpha value is -1.26. The van der Waals surface area contributed by atoms with Crippen LogP contribution in [-0.4, -0.2) is 17.3 Å². The number of rotatable bonds is 5. The van der Waals surface area contributed by atoms with Gasteiger partial charge in [0.05, 0.1) is 5.56 Å². The molecule has 0 unspecified atom stereocenters. The summed E-state index contributed by atoms with van der Waals surface area (Å²) >= 11 is 21.7. The predicted octanol–water partition coefficient (Wildman–Crippen LogP) is 5.58. The molecule has 7 heteroatoms. The Kier molecular flexibility index (Phi) is 9.80. The Morgan fingerprint density at radius 1 is 0.833 bits per heavy atom. The summed E-state index contributed by atoms with van der Waals surface area (Å²) in [5.74, 6) is 0.349. The van der Waals surface area contributed by atoms with Crippen molar-refractivity contribution >= 4 is 57.6 Å². The fraction of sp³-hybridized carbons (Fsp3) is 0.176. The molecular formula is C17H14Cl4O3. The molecule has 0 saturated heterocycles. The molecule has 3 nitrogen and oxygen atoms in total. The number of halogens is 4. The summed E-state index contributed by atoms with van der Waals surface area (Å²) in [6, 6.07) is 13.7. The van der Waals surface area contributed by atoms with Gasteiger partial charge in [-0.1, -0.05) is 41.9 Å². The Labute approximate surface area is 160 Å². The largest absolute Gasteiger partial charge is 0.446 e. The summed E-state index contributed by atoms with van der Waals surface area (Å²) in [6.45, 7) is 0. The topological polar surface area (TPSA) is 43.4 Å². The normalized spacial score (nSPS) is 9.67. The molecule has 0 aliphatic heterocycles. The zero-order valence-electron chi connectivity index (χ0n) is 12.5. The van der Waals surface area contributed by atoms with Crippen LogP contribution in [-0.2, 0) is 16.5 Å². The predicted molar refractivity (Wildman–Crippen MR) is 98.3 cm³/mol. The van der Waals surface area contributed by atoms with Crippen molar-refractivity contribution in [2.75, 3.05) is 6.07 Å². The van der Waals surface area contributed by atoms with E-state index >= 15 is 0 Å². The van der Waals surface area contributed by atoms with E-state index in [1.54, 1.807) is 36.4 Å². The third-order valence-electron chi connectivity index (χ3n) is 2.81. The average Bonchev–Trinajstić information content (AvgIpc) is 2.62. The summed E-state index contributed by atoms with van der Waals surface area (Å²) in [6.07, 6.45) is 0. The van der Waals surface area contributed by atoms with Gasteiger partial charge in [0.2, 0.25) is 0 Å². The lowest BCUT2D eigenvalue weighted by molar-refractivity contribution is 0.0574. The molecule has 24 heavy (non-hydrogen) atoms. The zero-order valence-corrected chi connectivity index (χ0v) is 15.5. The number of alkyl halides is 3. The first-order valence-electron chi connectivity index (χ1n) is 6.74. The summed E-state index contributed by atoms with van der Waals surface area (Å²) in [7, 11) is 0. The highest BCUT2D eigenvalue weighted by molar-refractivity contribution is 6.67. The molecule has 0 aliphatic rings. The monoisotopic (exact) mass is 406 g/mol. The summed E-state index contributed by atoms with van der Waals surface area (Å²) in [5, 5.41) is -0.447. The molecule has 0 amide bonds. The second kappa shape index (κ2) is 11.3. The average molecular weight is 408 g/mol. The van der Waals surface area contributed by atoms with Gasteiger partial charge in [0, 0.05) is 17.3 Å². The molecule has 0 heterocycles. The number of benzene rings is 2. The van der Waals surface area contributed by atoms with E-state index in [4.69, 9.17) is 46.4 Å². The fourth-order valence-corrected chi connectivity index (χ4v) is 2.24. The molecule has 0 atom stereocenters. The quantitative estimate of drug-likeness (QED) is 0.369. The molecule has 0 aliphatic carbocycles. The van der Waals surface area contributed by atoms with Crippen molar-refractivity contribution < 1.29 is 14.3 Å². The number of carbonyl (C=O) groups is 2. The van der Waals surface area contributed by atoms with Gasteiger partial charge >= 0.3 is 5.97 Å². The fourth-order valence-electron chi connectivity index (χ4n) is 1.69. The smallest absolute Gasteiger partial charge is 0.339 e. The van der Waals surface area contributed by atoms with E-state index in [1.807, 2.05) is 12.1 Å². The van der Waals surface area contributed by atoms with Crippen LogP contribution >= 0.6 is 46.4 Å². The van der Waals surface area contributed by atoms with Crippen LogP contribution in [0.4, 0.5) is 0 Å². The Morgan fingerprint density at radius 2 is 1.33 bits per heavy atom. The van der Waals surface area contributed by atoms with E-state index in [0.717, 1.165) is 11.1 Å². The second-order valence-electron chi connectivity index (χ2n) is 4.48. The molecule has 0 fully saturated rings. The Balaban J connectivity index is 0.000000243. The van der Waals surface area contributed by atoms with Crippen LogP contribution in [0.5, 0.6) is 0 Å². The molecule has 0 aromatic heterocycles. The Bertz CT molecular complexity index is 689. The van der Waals surface area contributed by atoms with Crippen molar-refractivity contribution in [3.8, 4) is 0 Å². The van der Waals surface area contributed by atoms with Gasteiger partial charge < -0.3 is 4.74 Å². The number of esters is 1. The molecule has 2 aromatic carbocycles. The standard InChI is InChI=1S/C9H8Cl2O2.C8H6Cl2O/c10-5-7-2-1-3-8(4-7)9(12)13-6-11;9-5-6-2-1-3-7(4-6)8(10)11/h1-4H,5-6H2;1-4H,5H2. The van der Waals surface area contributed by atoms with E-state index < -0.39 is 11.2 Å². The highest BCUT2D eigenvalue weighted by Gasteiger charge is 2.06. The van der Waals surface area contributed by atoms with Crippen LogP contribution in [0.3, 0.4) is 0 Å². The maximum absolute atomic E-state index is 11.2. The van der Waals surface area contributed by atoms with Crippen molar-refractivity contribution in [3.05, 3.63) is 70.8 Å². The molecular weight excluding hydrogens is 394 g/mol. The molecule has 0 radical (unpaired) electrons. The highest BCUT2D eigenvalue weighted by Crippen LogP contribution is 2.10. The van der Waals surface area contributed by atoms with Gasteiger partial charge in [0.15, 0.2) is 6.07 Å². The minimum Gasteiger partial charge on any atom is -0.446 e. The molecule has 2 rings (SSSR count). The summed E-state index contributed by atoms with van der Waals surface area (Å²) in [5.41, 5.74) is 2.74. The van der Waals surface area contributed by atoms with E-state index in [0.29, 0.717) is 22.9 Å². The van der Waals surface area contributed by atoms with Crippen LogP contribution in [0.25, 0.3) is 0 Å². The lowest BCUT2D eigenvalue weighted by Crippen LogP contribution is -2.03. The van der Waals surface area contributed by atoms with Gasteiger partial charge in [-0.3, -0.25) is 4.79 Å². The number of carbonyl (C=O) groups excluding carboxylic acids is 2. The lowest BCUT2D eigenvalue weighted by atomic mass is 10.1. The Morgan fingerprint density at radius 3 is 1.79 bits per heavy atom. The number of hydrogen-bond acceptors (Lipinski definition) is 3. The highest BCUT2D eigenvalue weighted by atomic mass is 35.5. The molecule has 0 saturated carbocycles. The molecule has 0 spiro atoms. The van der Waals surface area contributed by atoms with Gasteiger partial charge in [-0.15, -0.1) is 23.2 Å². The van der Waals surface area contributed by atoms with Crippen molar-refractivity contribution in [3.63, 3.8) is 0 Å². The van der Waals surface area contributed by atoms with Crippen LogP contribution in [0.2, 0.25) is 0 Å². The molecule has 0 N–H and O–H groups in total. The first kappa shape index (κ1) is 20.8. The second-order valence-corrected chi connectivity index (χ2v) is 5.58. The minimum atomic E-state index is -0.447. The van der Waals surface area contributed by atoms with Crippen molar-refractivity contribution in [1.29, 1.82) is 0 Å². The number of hydrogen-bond donors (Lipinski definition) is 0. The van der Waals surface area contributed by atoms with E-state index in [2.05, 4.69) is 4.74 Å². The summed E-state index contributed by atoms with van der Waals surface area (Å²) < 4.78 is 4.61. The minimum absolute atomic E-state index is 0.135. The van der Waals surface area contributed by atoms with Gasteiger partial charge in [-0.25, -0.2) is 4.79 Å². The maximum atomic E-state index is 11.2. The van der Waals surface area contributed by atoms with Gasteiger partial charge in [0.1, 0.15) is 0 Å². The first-order chi connectivity index (χ1) is 11.5. The van der Waals surface area contributed by atoms with Crippen molar-refractivity contribution in [2.24, 2.45) is 0 Å². The van der Waals surface area contributed by atoms with Crippen LogP contribution < -0.4 is 0 Å². The van der Waals surface area contributed by atoms with Crippen LogP contribution in [0, 0.1) is 0 Å². The molecule has 128 valence electrons. The van der Waals surface area contributed by atoms with Crippen molar-refractivity contribution in [1.82, 2.24) is 0 Å². The van der Waals surface area contributed by atoms with Gasteiger partial charge in [-0.05, 0) is 40.9 Å². The van der Waals surface area contributed by atoms with E-state index in [1.165, 1.54) is 0 Å². The van der Waals surface area contributed by atoms with E-state index in [-0.39, 0.29) is 6.07 Å². The first-order valence-corrected chi connectivity index (χ1v) is 8.72. The third-order valence-corrected chi connectivity index (χ3v) is 3.76. The maximum Gasteiger partial charge on any atom is 0.339 e. The summed E-state index contributed by atoms with van der Waals surface area (Å²) in [4.78, 5) is 21.8. The van der Waals surface area contributed by atoms with Gasteiger partial charge in [0.25, 0.3) is 5.24 Å². The number of ether oxygens (including phenoxy) is 1.